The molecule has 0 aliphatic heterocycles. The summed E-state index contributed by atoms with van der Waals surface area (Å²) in [4.78, 5) is 16.5. The maximum atomic E-state index is 6.59. The number of aromatic nitrogens is 4. The fraction of sp³-hybridized carbons (Fsp3) is 0. The van der Waals surface area contributed by atoms with Crippen molar-refractivity contribution in [3.05, 3.63) is 218 Å². The lowest BCUT2D eigenvalue weighted by molar-refractivity contribution is 0.668. The van der Waals surface area contributed by atoms with Gasteiger partial charge in [-0.15, -0.1) is 0 Å². The molecule has 16 rings (SSSR count). The molecule has 334 valence electrons. The molecular formula is C65H36N4O3. The predicted molar refractivity (Wildman–Crippen MR) is 293 cm³/mol. The van der Waals surface area contributed by atoms with E-state index in [2.05, 4.69) is 150 Å². The monoisotopic (exact) mass is 920 g/mol. The third-order valence-electron chi connectivity index (χ3n) is 14.6. The number of benzene rings is 11. The van der Waals surface area contributed by atoms with Crippen LogP contribution in [0.1, 0.15) is 0 Å². The van der Waals surface area contributed by atoms with Crippen molar-refractivity contribution in [1.82, 2.24) is 19.5 Å². The van der Waals surface area contributed by atoms with Gasteiger partial charge in [0.2, 0.25) is 0 Å². The zero-order valence-corrected chi connectivity index (χ0v) is 38.3. The van der Waals surface area contributed by atoms with E-state index >= 15 is 0 Å². The number of hydrogen-bond donors (Lipinski definition) is 0. The predicted octanol–water partition coefficient (Wildman–Crippen LogP) is 17.6. The Labute approximate surface area is 409 Å². The van der Waals surface area contributed by atoms with Gasteiger partial charge in [0.25, 0.3) is 0 Å². The summed E-state index contributed by atoms with van der Waals surface area (Å²) in [6.45, 7) is 0. The van der Waals surface area contributed by atoms with Gasteiger partial charge < -0.3 is 17.8 Å². The van der Waals surface area contributed by atoms with E-state index in [1.807, 2.05) is 72.8 Å². The number of rotatable bonds is 5. The summed E-state index contributed by atoms with van der Waals surface area (Å²) in [6, 6.07) is 76.4. The summed E-state index contributed by atoms with van der Waals surface area (Å²) in [5.41, 5.74) is 12.5. The topological polar surface area (TPSA) is 83.0 Å². The van der Waals surface area contributed by atoms with E-state index in [0.717, 1.165) is 110 Å². The first-order valence-electron chi connectivity index (χ1n) is 24.2. The Morgan fingerprint density at radius 1 is 0.264 bits per heavy atom. The molecule has 0 N–H and O–H groups in total. The van der Waals surface area contributed by atoms with Crippen LogP contribution < -0.4 is 0 Å². The molecule has 16 aromatic rings. The minimum atomic E-state index is 0.523. The number of fused-ring (bicyclic) bond motifs is 14. The first-order valence-corrected chi connectivity index (χ1v) is 24.2. The van der Waals surface area contributed by atoms with Gasteiger partial charge in [-0.1, -0.05) is 140 Å². The van der Waals surface area contributed by atoms with Gasteiger partial charge in [-0.05, 0) is 112 Å². The van der Waals surface area contributed by atoms with Gasteiger partial charge in [0, 0.05) is 65.5 Å². The van der Waals surface area contributed by atoms with Crippen LogP contribution in [0.25, 0.3) is 160 Å². The van der Waals surface area contributed by atoms with Crippen molar-refractivity contribution >= 4 is 109 Å². The molecule has 7 heteroatoms. The van der Waals surface area contributed by atoms with Crippen molar-refractivity contribution in [3.8, 4) is 51.0 Å². The normalized spacial score (nSPS) is 12.2. The number of nitrogens with zero attached hydrogens (tertiary/aromatic N) is 4. The lowest BCUT2D eigenvalue weighted by Crippen LogP contribution is -2.03. The average molecular weight is 921 g/mol. The molecule has 7 nitrogen and oxygen atoms in total. The van der Waals surface area contributed by atoms with Gasteiger partial charge in [-0.2, -0.15) is 0 Å². The van der Waals surface area contributed by atoms with Crippen molar-refractivity contribution in [2.24, 2.45) is 0 Å². The molecule has 0 aliphatic carbocycles. The number of hydrogen-bond acceptors (Lipinski definition) is 6. The Morgan fingerprint density at radius 3 is 1.11 bits per heavy atom. The molecule has 11 aromatic carbocycles. The summed E-state index contributed by atoms with van der Waals surface area (Å²) in [5.74, 6) is 1.58. The lowest BCUT2D eigenvalue weighted by atomic mass is 9.94. The van der Waals surface area contributed by atoms with E-state index in [0.29, 0.717) is 17.5 Å². The molecule has 72 heavy (non-hydrogen) atoms. The van der Waals surface area contributed by atoms with E-state index in [-0.39, 0.29) is 0 Å². The van der Waals surface area contributed by atoms with Crippen LogP contribution in [0.3, 0.4) is 0 Å². The molecule has 0 radical (unpaired) electrons. The standard InChI is InChI=1S/C65H36N4O3/c1-3-16-39-34-52-50(32-37(39)14-1)51-33-38-15-2-4-17-40(38)35-53(51)69(52)41-30-31-43(49(36-41)42-21-11-27-57-60(42)44-18-5-8-24-54(44)70-57)63-66-64(47-22-12-28-58-61(47)45-19-6-9-25-55(45)71-58)68-65(67-63)48-23-13-29-59-62(48)46-20-7-10-26-56(46)72-59/h1-36H. The van der Waals surface area contributed by atoms with Gasteiger partial charge in [-0.25, -0.2) is 15.0 Å². The zero-order chi connectivity index (χ0) is 47.0. The molecule has 0 unspecified atom stereocenters. The maximum Gasteiger partial charge on any atom is 0.164 e. The van der Waals surface area contributed by atoms with Crippen LogP contribution in [0.5, 0.6) is 0 Å². The maximum absolute atomic E-state index is 6.59. The van der Waals surface area contributed by atoms with Crippen LogP contribution in [-0.4, -0.2) is 19.5 Å². The summed E-state index contributed by atoms with van der Waals surface area (Å²) >= 11 is 0. The molecule has 5 heterocycles. The highest BCUT2D eigenvalue weighted by Crippen LogP contribution is 2.45. The largest absolute Gasteiger partial charge is 0.456 e. The Balaban J connectivity index is 1.03. The van der Waals surface area contributed by atoms with Crippen molar-refractivity contribution in [2.45, 2.75) is 0 Å². The Kier molecular flexibility index (Phi) is 8.04. The van der Waals surface area contributed by atoms with E-state index in [4.69, 9.17) is 28.2 Å². The summed E-state index contributed by atoms with van der Waals surface area (Å²) in [7, 11) is 0. The molecule has 0 aliphatic rings. The fourth-order valence-electron chi connectivity index (χ4n) is 11.4. The van der Waals surface area contributed by atoms with Crippen LogP contribution in [0.4, 0.5) is 0 Å². The molecule has 5 aromatic heterocycles. The molecule has 0 saturated heterocycles. The van der Waals surface area contributed by atoms with Crippen LogP contribution in [0.2, 0.25) is 0 Å². The third kappa shape index (κ3) is 5.70. The summed E-state index contributed by atoms with van der Waals surface area (Å²) in [5, 5.41) is 13.1. The highest BCUT2D eigenvalue weighted by atomic mass is 16.3. The molecular weight excluding hydrogens is 885 g/mol. The minimum Gasteiger partial charge on any atom is -0.456 e. The van der Waals surface area contributed by atoms with Gasteiger partial charge >= 0.3 is 0 Å². The first kappa shape index (κ1) is 39.0. The summed E-state index contributed by atoms with van der Waals surface area (Å²) < 4.78 is 21.9. The van der Waals surface area contributed by atoms with Gasteiger partial charge in [0.1, 0.15) is 33.5 Å². The third-order valence-corrected chi connectivity index (χ3v) is 14.6. The lowest BCUT2D eigenvalue weighted by Gasteiger charge is -2.16. The van der Waals surface area contributed by atoms with Crippen molar-refractivity contribution in [3.63, 3.8) is 0 Å². The van der Waals surface area contributed by atoms with Crippen LogP contribution >= 0.6 is 0 Å². The van der Waals surface area contributed by atoms with E-state index < -0.39 is 0 Å². The molecule has 0 bridgehead atoms. The van der Waals surface area contributed by atoms with E-state index in [1.54, 1.807) is 0 Å². The molecule has 0 saturated carbocycles. The van der Waals surface area contributed by atoms with E-state index in [1.165, 1.54) is 32.3 Å². The molecule has 0 spiro atoms. The van der Waals surface area contributed by atoms with Crippen molar-refractivity contribution < 1.29 is 13.3 Å². The summed E-state index contributed by atoms with van der Waals surface area (Å²) in [6.07, 6.45) is 0. The SMILES string of the molecule is c1ccc2cc3c(cc2c1)c1cc2ccccc2cc1n3-c1ccc(-c2nc(-c3cccc4oc5ccccc5c34)nc(-c3cccc4oc5ccccc5c34)n2)c(-c2cccc3oc4ccccc4c23)c1. The Hall–Kier alpha value is -9.85. The minimum absolute atomic E-state index is 0.523. The fourth-order valence-corrected chi connectivity index (χ4v) is 11.4. The average Bonchev–Trinajstić information content (AvgIpc) is 4.20. The molecule has 0 amide bonds. The highest BCUT2D eigenvalue weighted by Gasteiger charge is 2.25. The quantitative estimate of drug-likeness (QED) is 0.171. The van der Waals surface area contributed by atoms with Gasteiger partial charge in [0.15, 0.2) is 17.5 Å². The Bertz CT molecular complexity index is 4730. The van der Waals surface area contributed by atoms with Crippen molar-refractivity contribution in [1.29, 1.82) is 0 Å². The molecule has 0 fully saturated rings. The van der Waals surface area contributed by atoms with Gasteiger partial charge in [0.05, 0.1) is 11.0 Å². The highest BCUT2D eigenvalue weighted by molar-refractivity contribution is 6.18. The number of para-hydroxylation sites is 3. The van der Waals surface area contributed by atoms with Crippen LogP contribution in [0, 0.1) is 0 Å². The smallest absolute Gasteiger partial charge is 0.164 e. The Morgan fingerprint density at radius 2 is 0.639 bits per heavy atom. The van der Waals surface area contributed by atoms with E-state index in [9.17, 15) is 0 Å². The van der Waals surface area contributed by atoms with Gasteiger partial charge in [-0.3, -0.25) is 0 Å². The van der Waals surface area contributed by atoms with Crippen molar-refractivity contribution in [2.75, 3.05) is 0 Å². The second kappa shape index (κ2) is 14.8. The van der Waals surface area contributed by atoms with Crippen LogP contribution in [-0.2, 0) is 0 Å². The number of furan rings is 3. The molecule has 0 atom stereocenters. The second-order valence-corrected chi connectivity index (χ2v) is 18.6. The zero-order valence-electron chi connectivity index (χ0n) is 38.3. The second-order valence-electron chi connectivity index (χ2n) is 18.6. The first-order chi connectivity index (χ1) is 35.7. The van der Waals surface area contributed by atoms with Crippen LogP contribution in [0.15, 0.2) is 232 Å².